The van der Waals surface area contributed by atoms with E-state index in [1.165, 1.54) is 12.1 Å². The van der Waals surface area contributed by atoms with Gasteiger partial charge in [-0.2, -0.15) is 0 Å². The molecule has 0 radical (unpaired) electrons. The van der Waals surface area contributed by atoms with Gasteiger partial charge >= 0.3 is 0 Å². The largest absolute Gasteiger partial charge is 0.352 e. The highest BCUT2D eigenvalue weighted by Crippen LogP contribution is 2.30. The molecule has 3 aromatic carbocycles. The lowest BCUT2D eigenvalue weighted by atomic mass is 9.94. The van der Waals surface area contributed by atoms with Crippen molar-refractivity contribution in [2.45, 2.75) is 74.9 Å². The van der Waals surface area contributed by atoms with Gasteiger partial charge in [0.25, 0.3) is 15.9 Å². The zero-order valence-electron chi connectivity index (χ0n) is 24.0. The third-order valence-electron chi connectivity index (χ3n) is 8.15. The predicted molar refractivity (Wildman–Crippen MR) is 165 cm³/mol. The summed E-state index contributed by atoms with van der Waals surface area (Å²) in [7, 11) is -3.97. The number of fused-ring (bicyclic) bond motifs is 1. The van der Waals surface area contributed by atoms with Crippen LogP contribution in [0.2, 0.25) is 5.02 Å². The number of amides is 3. The van der Waals surface area contributed by atoms with Crippen LogP contribution in [-0.2, 0) is 32.6 Å². The maximum absolute atomic E-state index is 13.9. The normalized spacial score (nSPS) is 16.9. The summed E-state index contributed by atoms with van der Waals surface area (Å²) in [6.45, 7) is 0.0476. The molecular formula is C33H36ClN3O5S. The Balaban J connectivity index is 1.37. The van der Waals surface area contributed by atoms with Crippen molar-refractivity contribution in [3.63, 3.8) is 0 Å². The lowest BCUT2D eigenvalue weighted by molar-refractivity contribution is -0.141. The van der Waals surface area contributed by atoms with Crippen molar-refractivity contribution in [1.29, 1.82) is 0 Å². The molecule has 1 aliphatic carbocycles. The number of hydrogen-bond donors (Lipinski definition) is 1. The summed E-state index contributed by atoms with van der Waals surface area (Å²) in [6.07, 6.45) is 5.51. The number of nitrogens with one attached hydrogen (secondary N) is 1. The summed E-state index contributed by atoms with van der Waals surface area (Å²) < 4.78 is 26.9. The van der Waals surface area contributed by atoms with Gasteiger partial charge in [-0.3, -0.25) is 14.4 Å². The van der Waals surface area contributed by atoms with Gasteiger partial charge in [0.1, 0.15) is 10.9 Å². The SMILES string of the molecule is O=C(NC1CCCCC1)[C@H](Cc1ccccc1)N(Cc1ccc(Cl)cc1)C(=O)CCCN1C(=O)c2ccccc2S1(=O)=O. The van der Waals surface area contributed by atoms with Gasteiger partial charge in [0.15, 0.2) is 0 Å². The van der Waals surface area contributed by atoms with E-state index in [0.29, 0.717) is 11.4 Å². The first-order chi connectivity index (χ1) is 20.7. The molecule has 3 aromatic rings. The van der Waals surface area contributed by atoms with E-state index in [1.807, 2.05) is 42.5 Å². The standard InChI is InChI=1S/C33H36ClN3O5S/c34-26-19-17-25(18-20-26)23-36(29(22-24-10-3-1-4-11-24)32(39)35-27-12-5-2-6-13-27)31(38)16-9-21-37-33(40)28-14-7-8-15-30(28)43(37,41)42/h1,3-4,7-8,10-11,14-15,17-20,27,29H,2,5-6,9,12-13,16,21-23H2,(H,35,39)/t29-/m0/s1. The lowest BCUT2D eigenvalue weighted by Crippen LogP contribution is -2.52. The molecule has 1 atom stereocenters. The van der Waals surface area contributed by atoms with Crippen molar-refractivity contribution < 1.29 is 22.8 Å². The molecule has 0 unspecified atom stereocenters. The van der Waals surface area contributed by atoms with E-state index >= 15 is 0 Å². The van der Waals surface area contributed by atoms with E-state index in [2.05, 4.69) is 5.32 Å². The Morgan fingerprint density at radius 2 is 1.58 bits per heavy atom. The molecule has 8 nitrogen and oxygen atoms in total. The maximum Gasteiger partial charge on any atom is 0.269 e. The summed E-state index contributed by atoms with van der Waals surface area (Å²) in [6, 6.07) is 22.1. The maximum atomic E-state index is 13.9. The average Bonchev–Trinajstić information content (AvgIpc) is 3.21. The third-order valence-corrected chi connectivity index (χ3v) is 10.2. The van der Waals surface area contributed by atoms with Gasteiger partial charge in [-0.1, -0.05) is 85.5 Å². The highest BCUT2D eigenvalue weighted by atomic mass is 35.5. The fourth-order valence-electron chi connectivity index (χ4n) is 5.85. The molecule has 10 heteroatoms. The van der Waals surface area contributed by atoms with Gasteiger partial charge in [0.05, 0.1) is 5.56 Å². The molecule has 3 amide bonds. The van der Waals surface area contributed by atoms with Crippen LogP contribution in [0.4, 0.5) is 0 Å². The van der Waals surface area contributed by atoms with Crippen molar-refractivity contribution in [3.05, 3.63) is 101 Å². The molecule has 1 N–H and O–H groups in total. The second kappa shape index (κ2) is 13.7. The molecule has 2 aliphatic rings. The average molecular weight is 622 g/mol. The van der Waals surface area contributed by atoms with E-state index in [-0.39, 0.29) is 54.2 Å². The van der Waals surface area contributed by atoms with Crippen LogP contribution in [0.15, 0.2) is 83.8 Å². The number of carbonyl (C=O) groups excluding carboxylic acids is 3. The summed E-state index contributed by atoms with van der Waals surface area (Å²) in [5, 5.41) is 3.78. The first kappa shape index (κ1) is 30.8. The molecular weight excluding hydrogens is 586 g/mol. The third kappa shape index (κ3) is 7.28. The fourth-order valence-corrected chi connectivity index (χ4v) is 7.59. The van der Waals surface area contributed by atoms with E-state index in [0.717, 1.165) is 47.5 Å². The first-order valence-corrected chi connectivity index (χ1v) is 16.6. The Labute approximate surface area is 258 Å². The highest BCUT2D eigenvalue weighted by molar-refractivity contribution is 7.90. The van der Waals surface area contributed by atoms with Gasteiger partial charge in [0.2, 0.25) is 11.8 Å². The molecule has 1 heterocycles. The molecule has 1 fully saturated rings. The number of rotatable bonds is 11. The predicted octanol–water partition coefficient (Wildman–Crippen LogP) is 5.35. The van der Waals surface area contributed by atoms with Crippen LogP contribution in [0.3, 0.4) is 0 Å². The van der Waals surface area contributed by atoms with Crippen molar-refractivity contribution in [3.8, 4) is 0 Å². The molecule has 226 valence electrons. The Morgan fingerprint density at radius 1 is 0.907 bits per heavy atom. The first-order valence-electron chi connectivity index (χ1n) is 14.8. The minimum Gasteiger partial charge on any atom is -0.352 e. The van der Waals surface area contributed by atoms with E-state index in [9.17, 15) is 22.8 Å². The van der Waals surface area contributed by atoms with E-state index < -0.39 is 22.0 Å². The number of sulfonamides is 1. The minimum atomic E-state index is -3.97. The summed E-state index contributed by atoms with van der Waals surface area (Å²) in [5.74, 6) is -1.09. The zero-order valence-corrected chi connectivity index (χ0v) is 25.5. The van der Waals surface area contributed by atoms with Gasteiger partial charge in [-0.05, 0) is 54.7 Å². The Kier molecular flexibility index (Phi) is 9.82. The van der Waals surface area contributed by atoms with Crippen LogP contribution in [0.1, 0.15) is 66.4 Å². The van der Waals surface area contributed by atoms with Gasteiger partial charge < -0.3 is 10.2 Å². The number of halogens is 1. The van der Waals surface area contributed by atoms with Gasteiger partial charge in [-0.25, -0.2) is 12.7 Å². The molecule has 5 rings (SSSR count). The Hall–Kier alpha value is -3.69. The van der Waals surface area contributed by atoms with Crippen molar-refractivity contribution >= 4 is 39.3 Å². The van der Waals surface area contributed by atoms with Crippen LogP contribution in [-0.4, -0.2) is 54.0 Å². The number of benzene rings is 3. The molecule has 0 bridgehead atoms. The number of nitrogens with zero attached hydrogens (tertiary/aromatic N) is 2. The number of carbonyl (C=O) groups is 3. The quantitative estimate of drug-likeness (QED) is 0.311. The summed E-state index contributed by atoms with van der Waals surface area (Å²) in [5.41, 5.74) is 1.88. The Morgan fingerprint density at radius 3 is 2.28 bits per heavy atom. The monoisotopic (exact) mass is 621 g/mol. The van der Waals surface area contributed by atoms with E-state index in [1.54, 1.807) is 29.2 Å². The van der Waals surface area contributed by atoms with Gasteiger partial charge in [-0.15, -0.1) is 0 Å². The fraction of sp³-hybridized carbons (Fsp3) is 0.364. The van der Waals surface area contributed by atoms with Crippen molar-refractivity contribution in [2.75, 3.05) is 6.54 Å². The van der Waals surface area contributed by atoms with Crippen LogP contribution < -0.4 is 5.32 Å². The van der Waals surface area contributed by atoms with Crippen LogP contribution in [0.5, 0.6) is 0 Å². The number of hydrogen-bond acceptors (Lipinski definition) is 5. The van der Waals surface area contributed by atoms with Crippen LogP contribution in [0.25, 0.3) is 0 Å². The molecule has 0 aromatic heterocycles. The second-order valence-electron chi connectivity index (χ2n) is 11.2. The Bertz CT molecular complexity index is 1560. The molecule has 0 saturated heterocycles. The molecule has 0 spiro atoms. The van der Waals surface area contributed by atoms with Gasteiger partial charge in [0, 0.05) is 37.0 Å². The van der Waals surface area contributed by atoms with Crippen LogP contribution >= 0.6 is 11.6 Å². The van der Waals surface area contributed by atoms with Crippen molar-refractivity contribution in [1.82, 2.24) is 14.5 Å². The molecule has 43 heavy (non-hydrogen) atoms. The summed E-state index contributed by atoms with van der Waals surface area (Å²) >= 11 is 6.11. The summed E-state index contributed by atoms with van der Waals surface area (Å²) in [4.78, 5) is 42.3. The second-order valence-corrected chi connectivity index (χ2v) is 13.4. The lowest BCUT2D eigenvalue weighted by Gasteiger charge is -2.33. The topological polar surface area (TPSA) is 104 Å². The van der Waals surface area contributed by atoms with Crippen LogP contribution in [0, 0.1) is 0 Å². The van der Waals surface area contributed by atoms with E-state index in [4.69, 9.17) is 11.6 Å². The molecule has 1 saturated carbocycles. The molecule has 1 aliphatic heterocycles. The smallest absolute Gasteiger partial charge is 0.269 e. The zero-order chi connectivity index (χ0) is 30.4. The highest BCUT2D eigenvalue weighted by Gasteiger charge is 2.40. The van der Waals surface area contributed by atoms with Crippen molar-refractivity contribution in [2.24, 2.45) is 0 Å². The minimum absolute atomic E-state index is 0.0157.